The molecule has 8 heteroatoms. The molecule has 0 fully saturated rings. The van der Waals surface area contributed by atoms with Gasteiger partial charge < -0.3 is 29.5 Å². The first kappa shape index (κ1) is 19.5. The Bertz CT molecular complexity index is 852. The van der Waals surface area contributed by atoms with Crippen LogP contribution in [-0.4, -0.2) is 55.5 Å². The fraction of sp³-hybridized carbons (Fsp3) is 0.300. The molecule has 0 unspecified atom stereocenters. The summed E-state index contributed by atoms with van der Waals surface area (Å²) < 4.78 is 16.2. The van der Waals surface area contributed by atoms with Crippen LogP contribution in [0.1, 0.15) is 15.9 Å². The molecule has 2 N–H and O–H groups in total. The highest BCUT2D eigenvalue weighted by Gasteiger charge is 2.27. The summed E-state index contributed by atoms with van der Waals surface area (Å²) in [7, 11) is 3.12. The molecule has 1 aliphatic rings. The van der Waals surface area contributed by atoms with Crippen molar-refractivity contribution in [1.82, 2.24) is 4.90 Å². The summed E-state index contributed by atoms with van der Waals surface area (Å²) in [6.07, 6.45) is -0.420. The zero-order chi connectivity index (χ0) is 20.1. The van der Waals surface area contributed by atoms with Gasteiger partial charge in [0.15, 0.2) is 0 Å². The van der Waals surface area contributed by atoms with Crippen LogP contribution in [0.5, 0.6) is 11.5 Å². The number of urea groups is 1. The number of methoxy groups -OCH3 is 2. The van der Waals surface area contributed by atoms with E-state index in [0.717, 1.165) is 5.56 Å². The van der Waals surface area contributed by atoms with Crippen LogP contribution in [0.15, 0.2) is 42.5 Å². The van der Waals surface area contributed by atoms with Crippen molar-refractivity contribution < 1.29 is 28.9 Å². The van der Waals surface area contributed by atoms with Crippen molar-refractivity contribution in [3.8, 4) is 11.5 Å². The molecular formula is C20H22N2O6. The molecule has 2 aromatic rings. The van der Waals surface area contributed by atoms with Gasteiger partial charge in [-0.3, -0.25) is 0 Å². The monoisotopic (exact) mass is 386 g/mol. The van der Waals surface area contributed by atoms with Gasteiger partial charge in [-0.2, -0.15) is 0 Å². The summed E-state index contributed by atoms with van der Waals surface area (Å²) in [4.78, 5) is 25.7. The van der Waals surface area contributed by atoms with Gasteiger partial charge in [-0.1, -0.05) is 6.07 Å². The minimum atomic E-state index is -1.03. The second-order valence-corrected chi connectivity index (χ2v) is 6.36. The van der Waals surface area contributed by atoms with Gasteiger partial charge in [0, 0.05) is 18.4 Å². The molecule has 0 aromatic heterocycles. The lowest BCUT2D eigenvalue weighted by molar-refractivity contribution is 0.0669. The van der Waals surface area contributed by atoms with Crippen LogP contribution in [0.2, 0.25) is 0 Å². The largest absolute Gasteiger partial charge is 0.497 e. The molecule has 2 amide bonds. The number of rotatable bonds is 5. The van der Waals surface area contributed by atoms with Crippen molar-refractivity contribution >= 4 is 17.7 Å². The number of fused-ring (bicyclic) bond motifs is 1. The number of hydrogen-bond acceptors (Lipinski definition) is 5. The Kier molecular flexibility index (Phi) is 6.00. The third-order valence-corrected chi connectivity index (χ3v) is 4.37. The number of carbonyl (C=O) groups excluding carboxylic acids is 1. The number of ether oxygens (including phenoxy) is 3. The molecule has 0 saturated heterocycles. The highest BCUT2D eigenvalue weighted by molar-refractivity contribution is 5.90. The quantitative estimate of drug-likeness (QED) is 0.820. The average Bonchev–Trinajstić information content (AvgIpc) is 2.87. The van der Waals surface area contributed by atoms with E-state index < -0.39 is 12.1 Å². The van der Waals surface area contributed by atoms with E-state index in [1.807, 2.05) is 0 Å². The molecule has 0 radical (unpaired) electrons. The third-order valence-electron chi connectivity index (χ3n) is 4.37. The zero-order valence-corrected chi connectivity index (χ0v) is 15.7. The van der Waals surface area contributed by atoms with Crippen molar-refractivity contribution in [3.05, 3.63) is 53.6 Å². The summed E-state index contributed by atoms with van der Waals surface area (Å²) in [5.74, 6) is 0.110. The first-order chi connectivity index (χ1) is 13.5. The molecule has 0 aliphatic carbocycles. The molecule has 0 saturated carbocycles. The summed E-state index contributed by atoms with van der Waals surface area (Å²) in [6, 6.07) is 11.4. The SMILES string of the molecule is COC[C@H]1CN(C(=O)Nc2ccc(OC)cc2)Cc2ccc(C(=O)O)cc2O1. The standard InChI is InChI=1S/C20H22N2O6/c1-26-12-17-11-22(20(25)21-15-5-7-16(27-2)8-6-15)10-14-4-3-13(19(23)24)9-18(14)28-17/h3-9,17H,10-12H2,1-2H3,(H,21,25)(H,23,24)/t17-/m1/s1. The minimum Gasteiger partial charge on any atom is -0.497 e. The van der Waals surface area contributed by atoms with Gasteiger partial charge in [0.25, 0.3) is 0 Å². The third kappa shape index (κ3) is 4.52. The van der Waals surface area contributed by atoms with Crippen LogP contribution in [0.3, 0.4) is 0 Å². The van der Waals surface area contributed by atoms with Gasteiger partial charge in [-0.25, -0.2) is 9.59 Å². The molecular weight excluding hydrogens is 364 g/mol. The van der Waals surface area contributed by atoms with Crippen molar-refractivity contribution in [2.75, 3.05) is 32.7 Å². The Morgan fingerprint density at radius 2 is 1.96 bits per heavy atom. The summed E-state index contributed by atoms with van der Waals surface area (Å²) in [5, 5.41) is 12.1. The van der Waals surface area contributed by atoms with Crippen molar-refractivity contribution in [2.45, 2.75) is 12.6 Å². The van der Waals surface area contributed by atoms with Gasteiger partial charge in [-0.15, -0.1) is 0 Å². The Hall–Kier alpha value is -3.26. The molecule has 0 bridgehead atoms. The normalized spacial score (nSPS) is 15.8. The van der Waals surface area contributed by atoms with E-state index in [0.29, 0.717) is 23.7 Å². The van der Waals surface area contributed by atoms with Crippen LogP contribution in [0.25, 0.3) is 0 Å². The number of anilines is 1. The van der Waals surface area contributed by atoms with E-state index >= 15 is 0 Å². The van der Waals surface area contributed by atoms with Crippen LogP contribution in [0.4, 0.5) is 10.5 Å². The Morgan fingerprint density at radius 1 is 1.21 bits per heavy atom. The molecule has 0 spiro atoms. The number of nitrogens with zero attached hydrogens (tertiary/aromatic N) is 1. The number of carboxylic acid groups (broad SMARTS) is 1. The molecule has 148 valence electrons. The Morgan fingerprint density at radius 3 is 2.61 bits per heavy atom. The smallest absolute Gasteiger partial charge is 0.335 e. The lowest BCUT2D eigenvalue weighted by Gasteiger charge is -2.24. The second-order valence-electron chi connectivity index (χ2n) is 6.36. The average molecular weight is 386 g/mol. The van der Waals surface area contributed by atoms with Crippen molar-refractivity contribution in [3.63, 3.8) is 0 Å². The fourth-order valence-electron chi connectivity index (χ4n) is 2.96. The van der Waals surface area contributed by atoms with Crippen LogP contribution >= 0.6 is 0 Å². The molecule has 28 heavy (non-hydrogen) atoms. The first-order valence-electron chi connectivity index (χ1n) is 8.72. The molecule has 3 rings (SSSR count). The van der Waals surface area contributed by atoms with Gasteiger partial charge in [0.2, 0.25) is 0 Å². The number of carboxylic acids is 1. The van der Waals surface area contributed by atoms with Crippen molar-refractivity contribution in [2.24, 2.45) is 0 Å². The van der Waals surface area contributed by atoms with E-state index in [9.17, 15) is 14.7 Å². The molecule has 2 aromatic carbocycles. The summed E-state index contributed by atoms with van der Waals surface area (Å²) in [6.45, 7) is 0.855. The molecule has 1 atom stereocenters. The lowest BCUT2D eigenvalue weighted by atomic mass is 10.1. The summed E-state index contributed by atoms with van der Waals surface area (Å²) in [5.41, 5.74) is 1.50. The maximum absolute atomic E-state index is 12.8. The number of benzene rings is 2. The van der Waals surface area contributed by atoms with Gasteiger partial charge >= 0.3 is 12.0 Å². The maximum Gasteiger partial charge on any atom is 0.335 e. The zero-order valence-electron chi connectivity index (χ0n) is 15.7. The molecule has 8 nitrogen and oxygen atoms in total. The van der Waals surface area contributed by atoms with E-state index in [1.165, 1.54) is 12.1 Å². The number of nitrogens with one attached hydrogen (secondary N) is 1. The first-order valence-corrected chi connectivity index (χ1v) is 8.72. The Labute approximate surface area is 162 Å². The van der Waals surface area contributed by atoms with Gasteiger partial charge in [0.1, 0.15) is 17.6 Å². The second kappa shape index (κ2) is 8.62. The fourth-order valence-corrected chi connectivity index (χ4v) is 2.96. The van der Waals surface area contributed by atoms with Crippen LogP contribution < -0.4 is 14.8 Å². The lowest BCUT2D eigenvalue weighted by Crippen LogP contribution is -2.41. The van der Waals surface area contributed by atoms with Crippen LogP contribution in [-0.2, 0) is 11.3 Å². The highest BCUT2D eigenvalue weighted by Crippen LogP contribution is 2.27. The van der Waals surface area contributed by atoms with Crippen LogP contribution in [0, 0.1) is 0 Å². The maximum atomic E-state index is 12.8. The van der Waals surface area contributed by atoms with E-state index in [-0.39, 0.29) is 24.7 Å². The number of amides is 2. The van der Waals surface area contributed by atoms with Gasteiger partial charge in [0.05, 0.1) is 32.4 Å². The Balaban J connectivity index is 1.81. The predicted molar refractivity (Wildman–Crippen MR) is 102 cm³/mol. The van der Waals surface area contributed by atoms with Crippen molar-refractivity contribution in [1.29, 1.82) is 0 Å². The summed E-state index contributed by atoms with van der Waals surface area (Å²) >= 11 is 0. The van der Waals surface area contributed by atoms with E-state index in [1.54, 1.807) is 49.5 Å². The van der Waals surface area contributed by atoms with E-state index in [2.05, 4.69) is 5.32 Å². The minimum absolute atomic E-state index is 0.131. The molecule has 1 aliphatic heterocycles. The number of aromatic carboxylic acids is 1. The number of carbonyl (C=O) groups is 2. The molecule has 1 heterocycles. The highest BCUT2D eigenvalue weighted by atomic mass is 16.5. The topological polar surface area (TPSA) is 97.3 Å². The van der Waals surface area contributed by atoms with Gasteiger partial charge in [-0.05, 0) is 36.4 Å². The predicted octanol–water partition coefficient (Wildman–Crippen LogP) is 2.83. The number of hydrogen-bond donors (Lipinski definition) is 2. The van der Waals surface area contributed by atoms with E-state index in [4.69, 9.17) is 14.2 Å².